The predicted molar refractivity (Wildman–Crippen MR) is 153 cm³/mol. The lowest BCUT2D eigenvalue weighted by atomic mass is 10.0. The average Bonchev–Trinajstić information content (AvgIpc) is 2.95. The van der Waals surface area contributed by atoms with E-state index in [2.05, 4.69) is 10.7 Å². The number of aliphatic carboxylic acids is 3. The van der Waals surface area contributed by atoms with Gasteiger partial charge in [0.25, 0.3) is 0 Å². The number of carboxylic acids is 3. The van der Waals surface area contributed by atoms with Crippen LogP contribution in [0.5, 0.6) is 0 Å². The van der Waals surface area contributed by atoms with Gasteiger partial charge in [-0.25, -0.2) is 15.0 Å². The van der Waals surface area contributed by atoms with Crippen LogP contribution in [0.25, 0.3) is 0 Å². The van der Waals surface area contributed by atoms with E-state index in [1.807, 2.05) is 0 Å². The molecule has 0 aromatic heterocycles. The van der Waals surface area contributed by atoms with Crippen molar-refractivity contribution in [2.75, 3.05) is 12.0 Å². The SMILES string of the molecule is CSCC[C@@H](C(=O)O)N(N[C@@H](Cc1ccccc1)C(=O)N[C@@H](Cc1ccccc1)C(=O)O)C(=O)CC[C@H](N)C(=O)O. The van der Waals surface area contributed by atoms with Crippen LogP contribution in [0.4, 0.5) is 0 Å². The molecule has 0 radical (unpaired) electrons. The number of thioether (sulfide) groups is 1. The zero-order valence-electron chi connectivity index (χ0n) is 22.6. The Morgan fingerprint density at radius 2 is 1.34 bits per heavy atom. The fourth-order valence-corrected chi connectivity index (χ4v) is 4.45. The molecule has 222 valence electrons. The van der Waals surface area contributed by atoms with Crippen LogP contribution in [0.15, 0.2) is 60.7 Å². The van der Waals surface area contributed by atoms with Gasteiger partial charge in [0, 0.05) is 12.8 Å². The van der Waals surface area contributed by atoms with Gasteiger partial charge in [0.05, 0.1) is 0 Å². The Morgan fingerprint density at radius 3 is 1.80 bits per heavy atom. The first-order chi connectivity index (χ1) is 19.5. The lowest BCUT2D eigenvalue weighted by molar-refractivity contribution is -0.155. The number of nitrogens with two attached hydrogens (primary N) is 1. The summed E-state index contributed by atoms with van der Waals surface area (Å²) in [6.45, 7) is 0. The summed E-state index contributed by atoms with van der Waals surface area (Å²) < 4.78 is 0. The van der Waals surface area contributed by atoms with Gasteiger partial charge in [-0.3, -0.25) is 19.4 Å². The van der Waals surface area contributed by atoms with E-state index >= 15 is 0 Å². The van der Waals surface area contributed by atoms with E-state index < -0.39 is 60.3 Å². The molecule has 2 aromatic carbocycles. The summed E-state index contributed by atoms with van der Waals surface area (Å²) in [6.07, 6.45) is 1.16. The molecule has 0 aliphatic heterocycles. The third-order valence-corrected chi connectivity index (χ3v) is 6.88. The number of rotatable bonds is 18. The van der Waals surface area contributed by atoms with Crippen LogP contribution in [0, 0.1) is 0 Å². The van der Waals surface area contributed by atoms with Gasteiger partial charge in [-0.15, -0.1) is 0 Å². The molecule has 0 bridgehead atoms. The Labute approximate surface area is 242 Å². The van der Waals surface area contributed by atoms with Crippen LogP contribution in [0.3, 0.4) is 0 Å². The van der Waals surface area contributed by atoms with Crippen molar-refractivity contribution in [1.82, 2.24) is 15.8 Å². The number of hydrogen-bond acceptors (Lipinski definition) is 8. The second-order valence-electron chi connectivity index (χ2n) is 9.34. The van der Waals surface area contributed by atoms with Gasteiger partial charge in [0.1, 0.15) is 24.2 Å². The van der Waals surface area contributed by atoms with Crippen molar-refractivity contribution in [3.8, 4) is 0 Å². The summed E-state index contributed by atoms with van der Waals surface area (Å²) in [5, 5.41) is 32.2. The minimum absolute atomic E-state index is 0.00116. The van der Waals surface area contributed by atoms with E-state index in [0.29, 0.717) is 16.9 Å². The van der Waals surface area contributed by atoms with Crippen LogP contribution < -0.4 is 16.5 Å². The van der Waals surface area contributed by atoms with Crippen molar-refractivity contribution in [2.45, 2.75) is 56.3 Å². The fourth-order valence-electron chi connectivity index (χ4n) is 3.99. The van der Waals surface area contributed by atoms with Gasteiger partial charge in [-0.1, -0.05) is 60.7 Å². The topological polar surface area (TPSA) is 199 Å². The number of carbonyl (C=O) groups is 5. The van der Waals surface area contributed by atoms with Crippen LogP contribution in [-0.2, 0) is 36.8 Å². The molecule has 2 aromatic rings. The number of amides is 2. The molecular weight excluding hydrogens is 552 g/mol. The van der Waals surface area contributed by atoms with Gasteiger partial charge in [0.2, 0.25) is 11.8 Å². The summed E-state index contributed by atoms with van der Waals surface area (Å²) in [5.74, 6) is -5.04. The molecule has 0 saturated carbocycles. The summed E-state index contributed by atoms with van der Waals surface area (Å²) >= 11 is 1.37. The number of carboxylic acid groups (broad SMARTS) is 3. The Kier molecular flexibility index (Phi) is 13.8. The van der Waals surface area contributed by atoms with Crippen molar-refractivity contribution in [3.05, 3.63) is 71.8 Å². The van der Waals surface area contributed by atoms with Crippen LogP contribution in [0.1, 0.15) is 30.4 Å². The highest BCUT2D eigenvalue weighted by Gasteiger charge is 2.34. The minimum atomic E-state index is -1.39. The summed E-state index contributed by atoms with van der Waals surface area (Å²) in [5.41, 5.74) is 9.66. The smallest absolute Gasteiger partial charge is 0.328 e. The molecule has 2 rings (SSSR count). The number of carbonyl (C=O) groups excluding carboxylic acids is 2. The molecular formula is C28H36N4O8S. The summed E-state index contributed by atoms with van der Waals surface area (Å²) in [4.78, 5) is 62.3. The minimum Gasteiger partial charge on any atom is -0.480 e. The van der Waals surface area contributed by atoms with Crippen molar-refractivity contribution >= 4 is 41.5 Å². The lowest BCUT2D eigenvalue weighted by Gasteiger charge is -2.33. The molecule has 0 aliphatic rings. The van der Waals surface area contributed by atoms with E-state index in [4.69, 9.17) is 10.8 Å². The molecule has 0 heterocycles. The molecule has 0 spiro atoms. The number of nitrogens with one attached hydrogen (secondary N) is 2. The van der Waals surface area contributed by atoms with Gasteiger partial charge in [-0.2, -0.15) is 11.8 Å². The summed E-state index contributed by atoms with van der Waals surface area (Å²) in [6, 6.07) is 12.2. The van der Waals surface area contributed by atoms with E-state index in [9.17, 15) is 34.2 Å². The molecule has 13 heteroatoms. The molecule has 7 N–H and O–H groups in total. The zero-order valence-corrected chi connectivity index (χ0v) is 23.5. The van der Waals surface area contributed by atoms with Gasteiger partial charge in [-0.05, 0) is 42.4 Å². The van der Waals surface area contributed by atoms with E-state index in [1.165, 1.54) is 11.8 Å². The number of benzene rings is 2. The molecule has 41 heavy (non-hydrogen) atoms. The van der Waals surface area contributed by atoms with E-state index in [1.54, 1.807) is 66.9 Å². The predicted octanol–water partition coefficient (Wildman–Crippen LogP) is 1.14. The number of nitrogens with zero attached hydrogens (tertiary/aromatic N) is 1. The van der Waals surface area contributed by atoms with Gasteiger partial charge >= 0.3 is 17.9 Å². The lowest BCUT2D eigenvalue weighted by Crippen LogP contribution is -2.61. The molecule has 2 amide bonds. The fraction of sp³-hybridized carbons (Fsp3) is 0.393. The zero-order chi connectivity index (χ0) is 30.4. The maximum absolute atomic E-state index is 13.5. The normalized spacial score (nSPS) is 13.8. The van der Waals surface area contributed by atoms with Crippen LogP contribution in [0.2, 0.25) is 0 Å². The monoisotopic (exact) mass is 588 g/mol. The molecule has 4 atom stereocenters. The van der Waals surface area contributed by atoms with Crippen LogP contribution >= 0.6 is 11.8 Å². The Bertz CT molecular complexity index is 1170. The molecule has 0 fully saturated rings. The molecule has 0 unspecified atom stereocenters. The van der Waals surface area contributed by atoms with E-state index in [0.717, 1.165) is 5.01 Å². The van der Waals surface area contributed by atoms with Crippen molar-refractivity contribution in [3.63, 3.8) is 0 Å². The third-order valence-electron chi connectivity index (χ3n) is 6.24. The first-order valence-electron chi connectivity index (χ1n) is 12.9. The number of hydrogen-bond donors (Lipinski definition) is 6. The first-order valence-corrected chi connectivity index (χ1v) is 14.3. The summed E-state index contributed by atoms with van der Waals surface area (Å²) in [7, 11) is 0. The van der Waals surface area contributed by atoms with Crippen molar-refractivity contribution < 1.29 is 39.3 Å². The third kappa shape index (κ3) is 11.2. The average molecular weight is 589 g/mol. The highest BCUT2D eigenvalue weighted by atomic mass is 32.2. The second kappa shape index (κ2) is 17.0. The van der Waals surface area contributed by atoms with E-state index in [-0.39, 0.29) is 25.7 Å². The van der Waals surface area contributed by atoms with Gasteiger partial charge < -0.3 is 26.4 Å². The standard InChI is InChI=1S/C28H36N4O8S/c1-41-15-14-23(28(39)40)32(24(33)13-12-20(29)26(35)36)31-21(16-18-8-4-2-5-9-18)25(34)30-22(27(37)38)17-19-10-6-3-7-11-19/h2-11,20-23,31H,12-17,29H2,1H3,(H,30,34)(H,35,36)(H,37,38)(H,39,40)/t20-,21-,22-,23-/m0/s1. The Morgan fingerprint density at radius 1 is 0.805 bits per heavy atom. The Balaban J connectivity index is 2.39. The quantitative estimate of drug-likeness (QED) is 0.136. The Hall–Kier alpha value is -3.94. The van der Waals surface area contributed by atoms with Crippen molar-refractivity contribution in [2.24, 2.45) is 5.73 Å². The highest BCUT2D eigenvalue weighted by molar-refractivity contribution is 7.98. The molecule has 0 aliphatic carbocycles. The molecule has 0 saturated heterocycles. The van der Waals surface area contributed by atoms with Crippen LogP contribution in [-0.4, -0.2) is 86.2 Å². The largest absolute Gasteiger partial charge is 0.480 e. The second-order valence-corrected chi connectivity index (χ2v) is 10.3. The highest BCUT2D eigenvalue weighted by Crippen LogP contribution is 2.14. The maximum Gasteiger partial charge on any atom is 0.328 e. The molecule has 12 nitrogen and oxygen atoms in total. The maximum atomic E-state index is 13.5. The first kappa shape index (κ1) is 33.3. The van der Waals surface area contributed by atoms with Gasteiger partial charge in [0.15, 0.2) is 0 Å². The number of hydrazine groups is 1. The van der Waals surface area contributed by atoms with Crippen molar-refractivity contribution in [1.29, 1.82) is 0 Å².